The van der Waals surface area contributed by atoms with Crippen molar-refractivity contribution in [2.24, 2.45) is 22.7 Å². The van der Waals surface area contributed by atoms with Crippen LogP contribution in [0.25, 0.3) is 0 Å². The number of hydrogen-bond donors (Lipinski definition) is 1. The SMILES string of the molecule is CC(=O)OC/C(=C/CO)[C@@H]1C[C@@H]2[C@@]3(C)CCCC(C)(C)[C@@H]3CC[C@@]2(C)O1. The highest BCUT2D eigenvalue weighted by molar-refractivity contribution is 5.66. The molecular weight excluding hydrogens is 328 g/mol. The summed E-state index contributed by atoms with van der Waals surface area (Å²) in [6.07, 6.45) is 8.89. The Balaban J connectivity index is 1.85. The van der Waals surface area contributed by atoms with Gasteiger partial charge in [-0.25, -0.2) is 0 Å². The summed E-state index contributed by atoms with van der Waals surface area (Å²) in [7, 11) is 0. The zero-order valence-corrected chi connectivity index (χ0v) is 17.1. The summed E-state index contributed by atoms with van der Waals surface area (Å²) in [5.41, 5.74) is 1.49. The van der Waals surface area contributed by atoms with Crippen LogP contribution in [0.5, 0.6) is 0 Å². The molecule has 1 heterocycles. The number of ether oxygens (including phenoxy) is 2. The molecule has 0 amide bonds. The lowest BCUT2D eigenvalue weighted by Crippen LogP contribution is -2.55. The van der Waals surface area contributed by atoms with Crippen molar-refractivity contribution in [2.75, 3.05) is 13.2 Å². The van der Waals surface area contributed by atoms with Crippen molar-refractivity contribution in [3.8, 4) is 0 Å². The second-order valence-electron chi connectivity index (χ2n) is 9.89. The molecule has 0 aromatic carbocycles. The molecule has 4 heteroatoms. The molecule has 1 aliphatic heterocycles. The molecule has 0 radical (unpaired) electrons. The first-order valence-corrected chi connectivity index (χ1v) is 10.2. The van der Waals surface area contributed by atoms with Crippen LogP contribution in [0.2, 0.25) is 0 Å². The average Bonchev–Trinajstić information content (AvgIpc) is 2.89. The van der Waals surface area contributed by atoms with E-state index in [1.165, 1.54) is 32.6 Å². The number of aliphatic hydroxyl groups excluding tert-OH is 1. The number of fused-ring (bicyclic) bond motifs is 3. The number of rotatable bonds is 4. The first kappa shape index (κ1) is 19.9. The van der Waals surface area contributed by atoms with Gasteiger partial charge in [-0.1, -0.05) is 33.3 Å². The van der Waals surface area contributed by atoms with E-state index < -0.39 is 0 Å². The van der Waals surface area contributed by atoms with Crippen LogP contribution in [0.3, 0.4) is 0 Å². The minimum Gasteiger partial charge on any atom is -0.461 e. The Morgan fingerprint density at radius 2 is 1.92 bits per heavy atom. The van der Waals surface area contributed by atoms with Gasteiger partial charge in [0.15, 0.2) is 0 Å². The fourth-order valence-corrected chi connectivity index (χ4v) is 6.67. The highest BCUT2D eigenvalue weighted by atomic mass is 16.5. The third-order valence-electron chi connectivity index (χ3n) is 7.81. The van der Waals surface area contributed by atoms with E-state index in [2.05, 4.69) is 27.7 Å². The van der Waals surface area contributed by atoms with Crippen molar-refractivity contribution >= 4 is 5.97 Å². The molecule has 3 rings (SSSR count). The van der Waals surface area contributed by atoms with Gasteiger partial charge >= 0.3 is 5.97 Å². The monoisotopic (exact) mass is 364 g/mol. The van der Waals surface area contributed by atoms with E-state index in [-0.39, 0.29) is 30.9 Å². The Hall–Kier alpha value is -0.870. The topological polar surface area (TPSA) is 55.8 Å². The molecule has 0 bridgehead atoms. The summed E-state index contributed by atoms with van der Waals surface area (Å²) in [6, 6.07) is 0. The van der Waals surface area contributed by atoms with Crippen molar-refractivity contribution in [2.45, 2.75) is 84.8 Å². The van der Waals surface area contributed by atoms with Gasteiger partial charge in [-0.3, -0.25) is 4.79 Å². The number of hydrogen-bond acceptors (Lipinski definition) is 4. The van der Waals surface area contributed by atoms with Crippen molar-refractivity contribution in [1.29, 1.82) is 0 Å². The number of carbonyl (C=O) groups is 1. The maximum Gasteiger partial charge on any atom is 0.302 e. The van der Waals surface area contributed by atoms with Crippen LogP contribution < -0.4 is 0 Å². The molecule has 0 spiro atoms. The lowest BCUT2D eigenvalue weighted by atomic mass is 9.45. The molecule has 1 saturated heterocycles. The highest BCUT2D eigenvalue weighted by Gasteiger charge is 2.62. The van der Waals surface area contributed by atoms with Crippen LogP contribution in [-0.2, 0) is 14.3 Å². The molecule has 5 atom stereocenters. The van der Waals surface area contributed by atoms with Gasteiger partial charge in [-0.15, -0.1) is 0 Å². The van der Waals surface area contributed by atoms with E-state index in [1.54, 1.807) is 6.08 Å². The Morgan fingerprint density at radius 1 is 1.19 bits per heavy atom. The van der Waals surface area contributed by atoms with Gasteiger partial charge in [-0.2, -0.15) is 0 Å². The Labute approximate surface area is 158 Å². The van der Waals surface area contributed by atoms with Crippen molar-refractivity contribution in [3.63, 3.8) is 0 Å². The normalized spacial score (nSPS) is 42.1. The van der Waals surface area contributed by atoms with Gasteiger partial charge < -0.3 is 14.6 Å². The summed E-state index contributed by atoms with van der Waals surface area (Å²) in [5.74, 6) is 0.956. The van der Waals surface area contributed by atoms with E-state index in [1.807, 2.05) is 0 Å². The molecule has 3 fully saturated rings. The minimum atomic E-state index is -0.295. The smallest absolute Gasteiger partial charge is 0.302 e. The highest BCUT2D eigenvalue weighted by Crippen LogP contribution is 2.65. The maximum absolute atomic E-state index is 11.2. The van der Waals surface area contributed by atoms with Gasteiger partial charge in [0.25, 0.3) is 0 Å². The standard InChI is InChI=1S/C22H36O4/c1-15(24)25-14-16(8-12-23)17-13-19-21(4)10-6-9-20(2,3)18(21)7-11-22(19,5)26-17/h8,17-19,23H,6-7,9-14H2,1-5H3/b16-8-/t17-,18-,19+,21-,22+/m0/s1. The van der Waals surface area contributed by atoms with Crippen molar-refractivity contribution in [1.82, 2.24) is 0 Å². The lowest BCUT2D eigenvalue weighted by molar-refractivity contribution is -0.153. The Morgan fingerprint density at radius 3 is 2.58 bits per heavy atom. The maximum atomic E-state index is 11.2. The number of aliphatic hydroxyl groups is 1. The van der Waals surface area contributed by atoms with E-state index in [9.17, 15) is 9.90 Å². The van der Waals surface area contributed by atoms with Gasteiger partial charge in [0.2, 0.25) is 0 Å². The molecule has 148 valence electrons. The van der Waals surface area contributed by atoms with Crippen LogP contribution in [0.1, 0.15) is 73.1 Å². The summed E-state index contributed by atoms with van der Waals surface area (Å²) < 4.78 is 11.8. The predicted octanol–water partition coefficient (Wildman–Crippen LogP) is 4.26. The molecule has 0 unspecified atom stereocenters. The van der Waals surface area contributed by atoms with Crippen LogP contribution in [-0.4, -0.2) is 36.0 Å². The largest absolute Gasteiger partial charge is 0.461 e. The molecule has 3 aliphatic rings. The van der Waals surface area contributed by atoms with Crippen LogP contribution >= 0.6 is 0 Å². The van der Waals surface area contributed by atoms with E-state index in [4.69, 9.17) is 9.47 Å². The van der Waals surface area contributed by atoms with Crippen LogP contribution in [0, 0.1) is 22.7 Å². The zero-order valence-electron chi connectivity index (χ0n) is 17.1. The third-order valence-corrected chi connectivity index (χ3v) is 7.81. The Kier molecular flexibility index (Phi) is 5.31. The van der Waals surface area contributed by atoms with Crippen LogP contribution in [0.15, 0.2) is 11.6 Å². The van der Waals surface area contributed by atoms with Crippen molar-refractivity contribution < 1.29 is 19.4 Å². The van der Waals surface area contributed by atoms with Gasteiger partial charge in [0.05, 0.1) is 18.3 Å². The Bertz CT molecular complexity index is 581. The molecule has 0 aromatic heterocycles. The molecule has 1 N–H and O–H groups in total. The lowest BCUT2D eigenvalue weighted by Gasteiger charge is -2.60. The fourth-order valence-electron chi connectivity index (χ4n) is 6.67. The molecular formula is C22H36O4. The zero-order chi connectivity index (χ0) is 19.2. The summed E-state index contributed by atoms with van der Waals surface area (Å²) >= 11 is 0. The number of carbonyl (C=O) groups excluding carboxylic acids is 1. The fraction of sp³-hybridized carbons (Fsp3) is 0.864. The third kappa shape index (κ3) is 3.35. The molecule has 0 aromatic rings. The first-order chi connectivity index (χ1) is 12.1. The van der Waals surface area contributed by atoms with E-state index in [0.29, 0.717) is 16.7 Å². The second kappa shape index (κ2) is 6.94. The van der Waals surface area contributed by atoms with Crippen molar-refractivity contribution in [3.05, 3.63) is 11.6 Å². The molecule has 4 nitrogen and oxygen atoms in total. The van der Waals surface area contributed by atoms with E-state index in [0.717, 1.165) is 24.3 Å². The predicted molar refractivity (Wildman–Crippen MR) is 102 cm³/mol. The molecule has 2 aliphatic carbocycles. The average molecular weight is 365 g/mol. The van der Waals surface area contributed by atoms with Gasteiger partial charge in [0.1, 0.15) is 6.61 Å². The number of esters is 1. The van der Waals surface area contributed by atoms with Gasteiger partial charge in [0, 0.05) is 6.92 Å². The van der Waals surface area contributed by atoms with Crippen LogP contribution in [0.4, 0.5) is 0 Å². The second-order valence-corrected chi connectivity index (χ2v) is 9.89. The quantitative estimate of drug-likeness (QED) is 0.598. The summed E-state index contributed by atoms with van der Waals surface area (Å²) in [4.78, 5) is 11.2. The molecule has 2 saturated carbocycles. The minimum absolute atomic E-state index is 0.0508. The summed E-state index contributed by atoms with van der Waals surface area (Å²) in [5, 5.41) is 9.42. The summed E-state index contributed by atoms with van der Waals surface area (Å²) in [6.45, 7) is 11.3. The first-order valence-electron chi connectivity index (χ1n) is 10.2. The van der Waals surface area contributed by atoms with E-state index >= 15 is 0 Å². The molecule has 26 heavy (non-hydrogen) atoms. The van der Waals surface area contributed by atoms with Gasteiger partial charge in [-0.05, 0) is 67.3 Å².